The fourth-order valence-electron chi connectivity index (χ4n) is 2.11. The SMILES string of the molecule is NNc1ccc([N+](=O)[O-])c(NCC2CCCS2(=O)=O)n1. The van der Waals surface area contributed by atoms with Crippen LogP contribution in [0.25, 0.3) is 0 Å². The molecule has 0 spiro atoms. The summed E-state index contributed by atoms with van der Waals surface area (Å²) >= 11 is 0. The third-order valence-electron chi connectivity index (χ3n) is 3.18. The van der Waals surface area contributed by atoms with E-state index < -0.39 is 20.0 Å². The zero-order valence-electron chi connectivity index (χ0n) is 10.6. The monoisotopic (exact) mass is 301 g/mol. The second-order valence-corrected chi connectivity index (χ2v) is 6.88. The number of rotatable bonds is 5. The van der Waals surface area contributed by atoms with E-state index in [0.29, 0.717) is 12.8 Å². The van der Waals surface area contributed by atoms with E-state index in [1.165, 1.54) is 12.1 Å². The van der Waals surface area contributed by atoms with Gasteiger partial charge in [0.05, 0.1) is 15.9 Å². The molecule has 1 fully saturated rings. The predicted molar refractivity (Wildman–Crippen MR) is 74.0 cm³/mol. The van der Waals surface area contributed by atoms with E-state index in [-0.39, 0.29) is 29.6 Å². The Hall–Kier alpha value is -1.94. The number of pyridine rings is 1. The molecular formula is C10H15N5O4S. The number of anilines is 2. The molecular weight excluding hydrogens is 286 g/mol. The number of nitrogens with one attached hydrogen (secondary N) is 2. The summed E-state index contributed by atoms with van der Waals surface area (Å²) in [4.78, 5) is 14.3. The molecule has 0 aromatic carbocycles. The third-order valence-corrected chi connectivity index (χ3v) is 5.45. The first-order chi connectivity index (χ1) is 9.44. The van der Waals surface area contributed by atoms with Crippen molar-refractivity contribution in [2.75, 3.05) is 23.0 Å². The molecule has 0 bridgehead atoms. The maximum atomic E-state index is 11.7. The van der Waals surface area contributed by atoms with E-state index in [1.807, 2.05) is 0 Å². The highest BCUT2D eigenvalue weighted by Gasteiger charge is 2.31. The normalized spacial score (nSPS) is 20.6. The fourth-order valence-corrected chi connectivity index (χ4v) is 3.87. The molecule has 1 unspecified atom stereocenters. The van der Waals surface area contributed by atoms with Gasteiger partial charge in [-0.3, -0.25) is 10.1 Å². The van der Waals surface area contributed by atoms with Crippen LogP contribution in [0, 0.1) is 10.1 Å². The van der Waals surface area contributed by atoms with Crippen molar-refractivity contribution in [3.05, 3.63) is 22.2 Å². The first-order valence-electron chi connectivity index (χ1n) is 6.01. The summed E-state index contributed by atoms with van der Waals surface area (Å²) in [7, 11) is -3.11. The lowest BCUT2D eigenvalue weighted by atomic mass is 10.2. The van der Waals surface area contributed by atoms with Gasteiger partial charge in [-0.15, -0.1) is 0 Å². The van der Waals surface area contributed by atoms with Crippen LogP contribution in [0.1, 0.15) is 12.8 Å². The van der Waals surface area contributed by atoms with Crippen molar-refractivity contribution in [2.45, 2.75) is 18.1 Å². The Kier molecular flexibility index (Phi) is 4.04. The van der Waals surface area contributed by atoms with Crippen molar-refractivity contribution in [1.82, 2.24) is 4.98 Å². The quantitative estimate of drug-likeness (QED) is 0.399. The Morgan fingerprint density at radius 2 is 2.25 bits per heavy atom. The average molecular weight is 301 g/mol. The summed E-state index contributed by atoms with van der Waals surface area (Å²) in [6, 6.07) is 2.63. The highest BCUT2D eigenvalue weighted by atomic mass is 32.2. The molecule has 1 aliphatic rings. The predicted octanol–water partition coefficient (Wildman–Crippen LogP) is 0.264. The van der Waals surface area contributed by atoms with Crippen LogP contribution in [0.3, 0.4) is 0 Å². The highest BCUT2D eigenvalue weighted by Crippen LogP contribution is 2.25. The molecule has 1 saturated heterocycles. The standard InChI is InChI=1S/C10H15N5O4S/c11-14-9-4-3-8(15(16)17)10(13-9)12-6-7-2-1-5-20(7,18)19/h3-4,7H,1-2,5-6,11H2,(H2,12,13,14). The molecule has 2 rings (SSSR count). The first kappa shape index (κ1) is 14.5. The largest absolute Gasteiger partial charge is 0.363 e. The number of nitro groups is 1. The lowest BCUT2D eigenvalue weighted by molar-refractivity contribution is -0.384. The van der Waals surface area contributed by atoms with Crippen LogP contribution in [-0.2, 0) is 9.84 Å². The van der Waals surface area contributed by atoms with Crippen LogP contribution < -0.4 is 16.6 Å². The van der Waals surface area contributed by atoms with Crippen LogP contribution in [0.5, 0.6) is 0 Å². The van der Waals surface area contributed by atoms with Gasteiger partial charge in [0.25, 0.3) is 0 Å². The molecule has 0 radical (unpaired) electrons. The van der Waals surface area contributed by atoms with Crippen LogP contribution in [0.4, 0.5) is 17.3 Å². The summed E-state index contributed by atoms with van der Waals surface area (Å²) in [6.45, 7) is 0.101. The fraction of sp³-hybridized carbons (Fsp3) is 0.500. The van der Waals surface area contributed by atoms with Gasteiger partial charge < -0.3 is 10.7 Å². The Labute approximate surface area is 115 Å². The van der Waals surface area contributed by atoms with E-state index in [4.69, 9.17) is 5.84 Å². The molecule has 1 aromatic heterocycles. The van der Waals surface area contributed by atoms with Gasteiger partial charge in [0.2, 0.25) is 5.82 Å². The van der Waals surface area contributed by atoms with Gasteiger partial charge >= 0.3 is 5.69 Å². The Balaban J connectivity index is 2.17. The number of sulfone groups is 1. The number of nitrogens with two attached hydrogens (primary N) is 1. The number of hydrazine groups is 1. The Bertz CT molecular complexity index is 618. The topological polar surface area (TPSA) is 140 Å². The van der Waals surface area contributed by atoms with Gasteiger partial charge in [0, 0.05) is 12.6 Å². The summed E-state index contributed by atoms with van der Waals surface area (Å²) in [5, 5.41) is 13.1. The molecule has 4 N–H and O–H groups in total. The van der Waals surface area contributed by atoms with Gasteiger partial charge in [-0.25, -0.2) is 19.2 Å². The molecule has 0 amide bonds. The lowest BCUT2D eigenvalue weighted by Crippen LogP contribution is -2.25. The van der Waals surface area contributed by atoms with Gasteiger partial charge in [-0.05, 0) is 18.9 Å². The molecule has 10 heteroatoms. The van der Waals surface area contributed by atoms with E-state index in [2.05, 4.69) is 15.7 Å². The summed E-state index contributed by atoms with van der Waals surface area (Å²) in [5.74, 6) is 5.63. The minimum absolute atomic E-state index is 0.00699. The van der Waals surface area contributed by atoms with Crippen molar-refractivity contribution >= 4 is 27.2 Å². The van der Waals surface area contributed by atoms with E-state index in [0.717, 1.165) is 0 Å². The van der Waals surface area contributed by atoms with Crippen molar-refractivity contribution in [1.29, 1.82) is 0 Å². The third kappa shape index (κ3) is 2.96. The molecule has 20 heavy (non-hydrogen) atoms. The first-order valence-corrected chi connectivity index (χ1v) is 7.73. The summed E-state index contributed by atoms with van der Waals surface area (Å²) < 4.78 is 23.4. The molecule has 1 aromatic rings. The molecule has 1 atom stereocenters. The zero-order chi connectivity index (χ0) is 14.8. The number of aromatic nitrogens is 1. The van der Waals surface area contributed by atoms with Crippen molar-refractivity contribution < 1.29 is 13.3 Å². The number of hydrogen-bond donors (Lipinski definition) is 3. The average Bonchev–Trinajstić information content (AvgIpc) is 2.74. The maximum Gasteiger partial charge on any atom is 0.311 e. The van der Waals surface area contributed by atoms with Crippen LogP contribution in [0.2, 0.25) is 0 Å². The number of nitrogens with zero attached hydrogens (tertiary/aromatic N) is 2. The number of hydrogen-bond acceptors (Lipinski definition) is 8. The van der Waals surface area contributed by atoms with Gasteiger partial charge in [0.1, 0.15) is 5.82 Å². The molecule has 1 aliphatic heterocycles. The minimum Gasteiger partial charge on any atom is -0.363 e. The summed E-state index contributed by atoms with van der Waals surface area (Å²) in [5.41, 5.74) is 2.06. The maximum absolute atomic E-state index is 11.7. The van der Waals surface area contributed by atoms with Crippen molar-refractivity contribution in [2.24, 2.45) is 5.84 Å². The van der Waals surface area contributed by atoms with Crippen LogP contribution >= 0.6 is 0 Å². The lowest BCUT2D eigenvalue weighted by Gasteiger charge is -2.12. The highest BCUT2D eigenvalue weighted by molar-refractivity contribution is 7.92. The Morgan fingerprint density at radius 3 is 2.80 bits per heavy atom. The van der Waals surface area contributed by atoms with Crippen molar-refractivity contribution in [3.8, 4) is 0 Å². The van der Waals surface area contributed by atoms with E-state index in [9.17, 15) is 18.5 Å². The molecule has 0 aliphatic carbocycles. The van der Waals surface area contributed by atoms with Crippen LogP contribution in [0.15, 0.2) is 12.1 Å². The van der Waals surface area contributed by atoms with Gasteiger partial charge in [0.15, 0.2) is 9.84 Å². The molecule has 0 saturated carbocycles. The molecule has 9 nitrogen and oxygen atoms in total. The second kappa shape index (κ2) is 5.59. The van der Waals surface area contributed by atoms with E-state index >= 15 is 0 Å². The smallest absolute Gasteiger partial charge is 0.311 e. The van der Waals surface area contributed by atoms with Gasteiger partial charge in [-0.1, -0.05) is 0 Å². The Morgan fingerprint density at radius 1 is 1.50 bits per heavy atom. The molecule has 2 heterocycles. The van der Waals surface area contributed by atoms with E-state index in [1.54, 1.807) is 0 Å². The minimum atomic E-state index is -3.11. The van der Waals surface area contributed by atoms with Gasteiger partial charge in [-0.2, -0.15) is 0 Å². The molecule has 110 valence electrons. The zero-order valence-corrected chi connectivity index (χ0v) is 11.4. The van der Waals surface area contributed by atoms with Crippen LogP contribution in [-0.4, -0.2) is 35.9 Å². The number of nitrogen functional groups attached to an aromatic ring is 1. The summed E-state index contributed by atoms with van der Waals surface area (Å²) in [6.07, 6.45) is 1.17. The van der Waals surface area contributed by atoms with Crippen molar-refractivity contribution in [3.63, 3.8) is 0 Å². The second-order valence-electron chi connectivity index (χ2n) is 4.48.